The third kappa shape index (κ3) is 7.25. The molecule has 0 amide bonds. The summed E-state index contributed by atoms with van der Waals surface area (Å²) in [6.45, 7) is 5.18. The second-order valence-electron chi connectivity index (χ2n) is 3.13. The minimum absolute atomic E-state index is 0.106. The summed E-state index contributed by atoms with van der Waals surface area (Å²) >= 11 is 0. The van der Waals surface area contributed by atoms with Crippen molar-refractivity contribution in [2.45, 2.75) is 19.9 Å². The van der Waals surface area contributed by atoms with Crippen molar-refractivity contribution in [3.05, 3.63) is 0 Å². The molecule has 0 aliphatic rings. The van der Waals surface area contributed by atoms with E-state index in [1.54, 1.807) is 14.0 Å². The highest BCUT2D eigenvalue weighted by molar-refractivity contribution is 7.89. The van der Waals surface area contributed by atoms with E-state index in [2.05, 4.69) is 10.0 Å². The van der Waals surface area contributed by atoms with Crippen LogP contribution in [-0.4, -0.2) is 47.0 Å². The van der Waals surface area contributed by atoms with E-state index >= 15 is 0 Å². The summed E-state index contributed by atoms with van der Waals surface area (Å²) in [4.78, 5) is 0. The number of nitrogens with one attached hydrogen (secondary N) is 2. The minimum Gasteiger partial charge on any atom is -0.383 e. The van der Waals surface area contributed by atoms with Gasteiger partial charge in [0.15, 0.2) is 0 Å². The Morgan fingerprint density at radius 2 is 2.07 bits per heavy atom. The van der Waals surface area contributed by atoms with Crippen molar-refractivity contribution in [2.24, 2.45) is 0 Å². The number of hydrogen-bond acceptors (Lipinski definition) is 4. The standard InChI is InChI=1S/C8H20N2O3S/c1-4-10-14(11,12)6-5-9-8(2)7-13-3/h8-10H,4-7H2,1-3H3. The number of ether oxygens (including phenoxy) is 1. The van der Waals surface area contributed by atoms with Gasteiger partial charge in [-0.15, -0.1) is 0 Å². The molecule has 2 N–H and O–H groups in total. The molecule has 0 aromatic carbocycles. The molecule has 0 aromatic heterocycles. The Kier molecular flexibility index (Phi) is 7.08. The van der Waals surface area contributed by atoms with E-state index in [1.165, 1.54) is 0 Å². The second kappa shape index (κ2) is 7.17. The highest BCUT2D eigenvalue weighted by Gasteiger charge is 2.08. The van der Waals surface area contributed by atoms with Gasteiger partial charge in [0.25, 0.3) is 0 Å². The van der Waals surface area contributed by atoms with E-state index < -0.39 is 10.0 Å². The molecule has 0 heterocycles. The summed E-state index contributed by atoms with van der Waals surface area (Å²) in [5, 5.41) is 3.05. The summed E-state index contributed by atoms with van der Waals surface area (Å²) in [7, 11) is -1.48. The van der Waals surface area contributed by atoms with Gasteiger partial charge in [-0.25, -0.2) is 13.1 Å². The van der Waals surface area contributed by atoms with Crippen LogP contribution in [0.15, 0.2) is 0 Å². The van der Waals surface area contributed by atoms with Crippen molar-refractivity contribution in [2.75, 3.05) is 32.6 Å². The van der Waals surface area contributed by atoms with Gasteiger partial charge in [-0.3, -0.25) is 0 Å². The Bertz CT molecular complexity index is 229. The first-order chi connectivity index (χ1) is 6.52. The predicted molar refractivity (Wildman–Crippen MR) is 56.8 cm³/mol. The molecule has 6 heteroatoms. The average molecular weight is 224 g/mol. The van der Waals surface area contributed by atoms with Gasteiger partial charge in [-0.2, -0.15) is 0 Å². The molecule has 0 aliphatic heterocycles. The van der Waals surface area contributed by atoms with Crippen LogP contribution in [-0.2, 0) is 14.8 Å². The van der Waals surface area contributed by atoms with E-state index in [9.17, 15) is 8.42 Å². The third-order valence-corrected chi connectivity index (χ3v) is 3.11. The van der Waals surface area contributed by atoms with E-state index in [1.807, 2.05) is 6.92 Å². The van der Waals surface area contributed by atoms with E-state index in [4.69, 9.17) is 4.74 Å². The average Bonchev–Trinajstić information content (AvgIpc) is 2.03. The van der Waals surface area contributed by atoms with Crippen LogP contribution in [0.2, 0.25) is 0 Å². The zero-order chi connectivity index (χ0) is 11.0. The highest BCUT2D eigenvalue weighted by Crippen LogP contribution is 1.85. The van der Waals surface area contributed by atoms with Crippen molar-refractivity contribution in [3.63, 3.8) is 0 Å². The van der Waals surface area contributed by atoms with Gasteiger partial charge in [0.2, 0.25) is 10.0 Å². The molecule has 0 fully saturated rings. The molecule has 86 valence electrons. The van der Waals surface area contributed by atoms with Crippen molar-refractivity contribution < 1.29 is 13.2 Å². The largest absolute Gasteiger partial charge is 0.383 e. The van der Waals surface area contributed by atoms with E-state index in [0.29, 0.717) is 19.7 Å². The fourth-order valence-corrected chi connectivity index (χ4v) is 2.01. The Morgan fingerprint density at radius 1 is 1.43 bits per heavy atom. The van der Waals surface area contributed by atoms with E-state index in [-0.39, 0.29) is 11.8 Å². The molecule has 0 aliphatic carbocycles. The first-order valence-corrected chi connectivity index (χ1v) is 6.36. The molecule has 0 spiro atoms. The fraction of sp³-hybridized carbons (Fsp3) is 1.00. The van der Waals surface area contributed by atoms with Crippen molar-refractivity contribution in [1.29, 1.82) is 0 Å². The van der Waals surface area contributed by atoms with Gasteiger partial charge >= 0.3 is 0 Å². The van der Waals surface area contributed by atoms with Gasteiger partial charge in [0.1, 0.15) is 0 Å². The van der Waals surface area contributed by atoms with Crippen LogP contribution in [0.25, 0.3) is 0 Å². The minimum atomic E-state index is -3.10. The lowest BCUT2D eigenvalue weighted by atomic mass is 10.4. The Labute approximate surface area is 86.3 Å². The van der Waals surface area contributed by atoms with E-state index in [0.717, 1.165) is 0 Å². The van der Waals surface area contributed by atoms with Gasteiger partial charge in [0.05, 0.1) is 12.4 Å². The number of hydrogen-bond donors (Lipinski definition) is 2. The maximum atomic E-state index is 11.2. The lowest BCUT2D eigenvalue weighted by Crippen LogP contribution is -2.37. The number of rotatable bonds is 8. The monoisotopic (exact) mass is 224 g/mol. The zero-order valence-electron chi connectivity index (χ0n) is 9.04. The van der Waals surface area contributed by atoms with Crippen LogP contribution in [0.3, 0.4) is 0 Å². The normalized spacial score (nSPS) is 14.2. The fourth-order valence-electron chi connectivity index (χ4n) is 1.04. The van der Waals surface area contributed by atoms with Crippen LogP contribution in [0.1, 0.15) is 13.8 Å². The number of methoxy groups -OCH3 is 1. The van der Waals surface area contributed by atoms with Gasteiger partial charge < -0.3 is 10.1 Å². The highest BCUT2D eigenvalue weighted by atomic mass is 32.2. The predicted octanol–water partition coefficient (Wildman–Crippen LogP) is -0.450. The SMILES string of the molecule is CCNS(=O)(=O)CCNC(C)COC. The molecule has 14 heavy (non-hydrogen) atoms. The summed E-state index contributed by atoms with van der Waals surface area (Å²) in [5.41, 5.74) is 0. The quantitative estimate of drug-likeness (QED) is 0.586. The maximum absolute atomic E-state index is 11.2. The molecule has 0 saturated heterocycles. The number of sulfonamides is 1. The Hall–Kier alpha value is -0.170. The summed E-state index contributed by atoms with van der Waals surface area (Å²) in [5.74, 6) is 0.106. The molecular formula is C8H20N2O3S. The Morgan fingerprint density at radius 3 is 2.57 bits per heavy atom. The smallest absolute Gasteiger partial charge is 0.212 e. The van der Waals surface area contributed by atoms with Gasteiger partial charge in [-0.05, 0) is 6.92 Å². The van der Waals surface area contributed by atoms with Crippen LogP contribution in [0, 0.1) is 0 Å². The molecular weight excluding hydrogens is 204 g/mol. The first-order valence-electron chi connectivity index (χ1n) is 4.71. The lowest BCUT2D eigenvalue weighted by Gasteiger charge is -2.12. The molecule has 0 aromatic rings. The van der Waals surface area contributed by atoms with Crippen molar-refractivity contribution in [1.82, 2.24) is 10.0 Å². The Balaban J connectivity index is 3.63. The maximum Gasteiger partial charge on any atom is 0.212 e. The lowest BCUT2D eigenvalue weighted by molar-refractivity contribution is 0.173. The molecule has 1 unspecified atom stereocenters. The molecule has 0 saturated carbocycles. The summed E-state index contributed by atoms with van der Waals surface area (Å²) in [6.07, 6.45) is 0. The molecule has 1 atom stereocenters. The van der Waals surface area contributed by atoms with Crippen LogP contribution in [0.5, 0.6) is 0 Å². The molecule has 5 nitrogen and oxygen atoms in total. The van der Waals surface area contributed by atoms with Crippen LogP contribution < -0.4 is 10.0 Å². The topological polar surface area (TPSA) is 67.4 Å². The third-order valence-electron chi connectivity index (χ3n) is 1.64. The molecule has 0 bridgehead atoms. The first kappa shape index (κ1) is 13.8. The molecule has 0 radical (unpaired) electrons. The van der Waals surface area contributed by atoms with Crippen molar-refractivity contribution in [3.8, 4) is 0 Å². The summed E-state index contributed by atoms with van der Waals surface area (Å²) < 4.78 is 29.7. The zero-order valence-corrected chi connectivity index (χ0v) is 9.86. The van der Waals surface area contributed by atoms with Gasteiger partial charge in [0, 0.05) is 26.2 Å². The second-order valence-corrected chi connectivity index (χ2v) is 5.05. The molecule has 0 rings (SSSR count). The summed E-state index contributed by atoms with van der Waals surface area (Å²) in [6, 6.07) is 0.178. The van der Waals surface area contributed by atoms with Crippen LogP contribution in [0.4, 0.5) is 0 Å². The van der Waals surface area contributed by atoms with Crippen LogP contribution >= 0.6 is 0 Å². The van der Waals surface area contributed by atoms with Gasteiger partial charge in [-0.1, -0.05) is 6.92 Å². The van der Waals surface area contributed by atoms with Crippen molar-refractivity contribution >= 4 is 10.0 Å².